The molecule has 114 valence electrons. The number of para-hydroxylation sites is 1. The quantitative estimate of drug-likeness (QED) is 0.502. The van der Waals surface area contributed by atoms with Crippen LogP contribution in [0.4, 0.5) is 17.1 Å². The van der Waals surface area contributed by atoms with Crippen LogP contribution in [0.15, 0.2) is 42.5 Å². The number of nitro groups is 1. The SMILES string of the molecule is CCCc1ccccc1NC(=O)c1ccc(N)c([N+](=O)[O-])c1. The highest BCUT2D eigenvalue weighted by molar-refractivity contribution is 6.05. The Labute approximate surface area is 128 Å². The van der Waals surface area contributed by atoms with Gasteiger partial charge in [0.1, 0.15) is 5.69 Å². The Balaban J connectivity index is 2.26. The van der Waals surface area contributed by atoms with E-state index in [1.165, 1.54) is 18.2 Å². The minimum atomic E-state index is -0.600. The summed E-state index contributed by atoms with van der Waals surface area (Å²) < 4.78 is 0. The molecular formula is C16H17N3O3. The van der Waals surface area contributed by atoms with Crippen molar-refractivity contribution >= 4 is 23.0 Å². The third kappa shape index (κ3) is 3.41. The van der Waals surface area contributed by atoms with Crippen LogP contribution in [-0.4, -0.2) is 10.8 Å². The lowest BCUT2D eigenvalue weighted by molar-refractivity contribution is -0.383. The molecule has 0 atom stereocenters. The molecule has 6 heteroatoms. The van der Waals surface area contributed by atoms with E-state index in [1.807, 2.05) is 24.3 Å². The predicted molar refractivity (Wildman–Crippen MR) is 85.9 cm³/mol. The molecule has 6 nitrogen and oxygen atoms in total. The molecule has 2 rings (SSSR count). The van der Waals surface area contributed by atoms with Gasteiger partial charge >= 0.3 is 0 Å². The van der Waals surface area contributed by atoms with Crippen molar-refractivity contribution in [3.05, 3.63) is 63.7 Å². The van der Waals surface area contributed by atoms with Gasteiger partial charge in [-0.15, -0.1) is 0 Å². The number of nitrogen functional groups attached to an aromatic ring is 1. The van der Waals surface area contributed by atoms with Crippen molar-refractivity contribution in [1.29, 1.82) is 0 Å². The Bertz CT molecular complexity index is 714. The number of hydrogen-bond donors (Lipinski definition) is 2. The third-order valence-electron chi connectivity index (χ3n) is 3.27. The van der Waals surface area contributed by atoms with Crippen LogP contribution < -0.4 is 11.1 Å². The van der Waals surface area contributed by atoms with E-state index in [0.29, 0.717) is 5.69 Å². The van der Waals surface area contributed by atoms with Crippen LogP contribution >= 0.6 is 0 Å². The molecule has 0 fully saturated rings. The second-order valence-electron chi connectivity index (χ2n) is 4.89. The molecule has 2 aromatic rings. The van der Waals surface area contributed by atoms with Gasteiger partial charge in [0.2, 0.25) is 0 Å². The van der Waals surface area contributed by atoms with Crippen molar-refractivity contribution in [2.24, 2.45) is 0 Å². The van der Waals surface area contributed by atoms with E-state index in [0.717, 1.165) is 18.4 Å². The highest BCUT2D eigenvalue weighted by Crippen LogP contribution is 2.23. The number of nitro benzene ring substituents is 1. The number of amides is 1. The molecule has 0 saturated heterocycles. The van der Waals surface area contributed by atoms with E-state index in [-0.39, 0.29) is 16.9 Å². The highest BCUT2D eigenvalue weighted by atomic mass is 16.6. The lowest BCUT2D eigenvalue weighted by Crippen LogP contribution is -2.14. The van der Waals surface area contributed by atoms with Crippen LogP contribution in [0, 0.1) is 10.1 Å². The molecule has 0 aromatic heterocycles. The summed E-state index contributed by atoms with van der Waals surface area (Å²) >= 11 is 0. The number of nitrogens with two attached hydrogens (primary N) is 1. The number of anilines is 2. The number of nitrogens with zero attached hydrogens (tertiary/aromatic N) is 1. The average molecular weight is 299 g/mol. The fraction of sp³-hybridized carbons (Fsp3) is 0.188. The molecular weight excluding hydrogens is 282 g/mol. The minimum Gasteiger partial charge on any atom is -0.393 e. The second kappa shape index (κ2) is 6.71. The predicted octanol–water partition coefficient (Wildman–Crippen LogP) is 3.38. The monoisotopic (exact) mass is 299 g/mol. The van der Waals surface area contributed by atoms with Gasteiger partial charge in [-0.3, -0.25) is 14.9 Å². The lowest BCUT2D eigenvalue weighted by atomic mass is 10.1. The van der Waals surface area contributed by atoms with Crippen molar-refractivity contribution in [1.82, 2.24) is 0 Å². The van der Waals surface area contributed by atoms with Crippen molar-refractivity contribution in [2.45, 2.75) is 19.8 Å². The fourth-order valence-corrected chi connectivity index (χ4v) is 2.17. The first-order valence-electron chi connectivity index (χ1n) is 6.96. The number of rotatable bonds is 5. The zero-order valence-corrected chi connectivity index (χ0v) is 12.2. The summed E-state index contributed by atoms with van der Waals surface area (Å²) in [4.78, 5) is 22.6. The van der Waals surface area contributed by atoms with Crippen LogP contribution in [0.2, 0.25) is 0 Å². The summed E-state index contributed by atoms with van der Waals surface area (Å²) in [6, 6.07) is 11.5. The summed E-state index contributed by atoms with van der Waals surface area (Å²) in [5, 5.41) is 13.7. The van der Waals surface area contributed by atoms with Gasteiger partial charge in [0, 0.05) is 17.3 Å². The van der Waals surface area contributed by atoms with Crippen molar-refractivity contribution in [3.63, 3.8) is 0 Å². The lowest BCUT2D eigenvalue weighted by Gasteiger charge is -2.10. The largest absolute Gasteiger partial charge is 0.393 e. The molecule has 0 bridgehead atoms. The molecule has 2 aromatic carbocycles. The van der Waals surface area contributed by atoms with Gasteiger partial charge in [-0.25, -0.2) is 0 Å². The van der Waals surface area contributed by atoms with Crippen LogP contribution in [-0.2, 0) is 6.42 Å². The Kier molecular flexibility index (Phi) is 4.73. The van der Waals surface area contributed by atoms with Crippen molar-refractivity contribution < 1.29 is 9.72 Å². The molecule has 22 heavy (non-hydrogen) atoms. The highest BCUT2D eigenvalue weighted by Gasteiger charge is 2.16. The van der Waals surface area contributed by atoms with Crippen molar-refractivity contribution in [3.8, 4) is 0 Å². The van der Waals surface area contributed by atoms with Gasteiger partial charge in [0.05, 0.1) is 4.92 Å². The average Bonchev–Trinajstić information content (AvgIpc) is 2.49. The first-order valence-corrected chi connectivity index (χ1v) is 6.96. The maximum absolute atomic E-state index is 12.3. The van der Waals surface area contributed by atoms with E-state index in [9.17, 15) is 14.9 Å². The minimum absolute atomic E-state index is 0.0351. The smallest absolute Gasteiger partial charge is 0.292 e. The van der Waals surface area contributed by atoms with Crippen LogP contribution in [0.3, 0.4) is 0 Å². The molecule has 0 aliphatic carbocycles. The van der Waals surface area contributed by atoms with E-state index >= 15 is 0 Å². The molecule has 0 heterocycles. The van der Waals surface area contributed by atoms with E-state index in [2.05, 4.69) is 12.2 Å². The number of aryl methyl sites for hydroxylation is 1. The maximum Gasteiger partial charge on any atom is 0.292 e. The molecule has 0 aliphatic heterocycles. The zero-order valence-electron chi connectivity index (χ0n) is 12.2. The topological polar surface area (TPSA) is 98.3 Å². The van der Waals surface area contributed by atoms with Gasteiger partial charge in [-0.2, -0.15) is 0 Å². The van der Waals surface area contributed by atoms with Crippen LogP contribution in [0.5, 0.6) is 0 Å². The van der Waals surface area contributed by atoms with E-state index in [4.69, 9.17) is 5.73 Å². The van der Waals surface area contributed by atoms with Gasteiger partial charge in [0.25, 0.3) is 11.6 Å². The summed E-state index contributed by atoms with van der Waals surface area (Å²) in [5.74, 6) is -0.397. The summed E-state index contributed by atoms with van der Waals surface area (Å²) in [6.45, 7) is 2.06. The van der Waals surface area contributed by atoms with Gasteiger partial charge in [-0.05, 0) is 30.2 Å². The molecule has 0 aliphatic rings. The van der Waals surface area contributed by atoms with Crippen LogP contribution in [0.25, 0.3) is 0 Å². The fourth-order valence-electron chi connectivity index (χ4n) is 2.17. The first kappa shape index (κ1) is 15.5. The molecule has 1 amide bonds. The Morgan fingerprint density at radius 2 is 2.00 bits per heavy atom. The maximum atomic E-state index is 12.3. The molecule has 0 unspecified atom stereocenters. The number of hydrogen-bond acceptors (Lipinski definition) is 4. The number of benzene rings is 2. The summed E-state index contributed by atoms with van der Waals surface area (Å²) in [6.07, 6.45) is 1.80. The Morgan fingerprint density at radius 1 is 1.27 bits per heavy atom. The standard InChI is InChI=1S/C16H17N3O3/c1-2-5-11-6-3-4-7-14(11)18-16(20)12-8-9-13(17)15(10-12)19(21)22/h3-4,6-10H,2,5,17H2,1H3,(H,18,20). The van der Waals surface area contributed by atoms with E-state index in [1.54, 1.807) is 0 Å². The third-order valence-corrected chi connectivity index (χ3v) is 3.27. The number of carbonyl (C=O) groups excluding carboxylic acids is 1. The molecule has 0 saturated carbocycles. The normalized spacial score (nSPS) is 10.2. The second-order valence-corrected chi connectivity index (χ2v) is 4.89. The summed E-state index contributed by atoms with van der Waals surface area (Å²) in [5.41, 5.74) is 7.25. The Hall–Kier alpha value is -2.89. The number of carbonyl (C=O) groups is 1. The van der Waals surface area contributed by atoms with Gasteiger partial charge < -0.3 is 11.1 Å². The van der Waals surface area contributed by atoms with Gasteiger partial charge in [0.15, 0.2) is 0 Å². The van der Waals surface area contributed by atoms with E-state index < -0.39 is 10.8 Å². The zero-order chi connectivity index (χ0) is 16.1. The summed E-state index contributed by atoms with van der Waals surface area (Å²) in [7, 11) is 0. The molecule has 0 radical (unpaired) electrons. The van der Waals surface area contributed by atoms with Crippen molar-refractivity contribution in [2.75, 3.05) is 11.1 Å². The molecule has 3 N–H and O–H groups in total. The number of nitrogens with one attached hydrogen (secondary N) is 1. The first-order chi connectivity index (χ1) is 10.5. The Morgan fingerprint density at radius 3 is 2.68 bits per heavy atom. The van der Waals surface area contributed by atoms with Gasteiger partial charge in [-0.1, -0.05) is 31.5 Å². The molecule has 0 spiro atoms. The van der Waals surface area contributed by atoms with Crippen LogP contribution in [0.1, 0.15) is 29.3 Å².